The fraction of sp³-hybridized carbons (Fsp3) is 0.333. The van der Waals surface area contributed by atoms with Gasteiger partial charge in [-0.1, -0.05) is 12.1 Å². The van der Waals surface area contributed by atoms with Crippen molar-refractivity contribution < 1.29 is 15.2 Å². The maximum absolute atomic E-state index is 10.1. The molecule has 7 nitrogen and oxygen atoms in total. The summed E-state index contributed by atoms with van der Waals surface area (Å²) in [4.78, 5) is 2.05. The van der Waals surface area contributed by atoms with Gasteiger partial charge in [0.1, 0.15) is 30.0 Å². The molecule has 0 saturated carbocycles. The van der Waals surface area contributed by atoms with Crippen LogP contribution in [0.3, 0.4) is 0 Å². The summed E-state index contributed by atoms with van der Waals surface area (Å²) < 4.78 is 5.58. The number of ether oxygens (including phenoxy) is 1. The smallest absolute Gasteiger partial charge is 0.153 e. The number of para-hydroxylation sites is 2. The van der Waals surface area contributed by atoms with Gasteiger partial charge in [-0.2, -0.15) is 5.11 Å². The number of azo groups is 1. The summed E-state index contributed by atoms with van der Waals surface area (Å²) in [6.45, 7) is 3.28. The van der Waals surface area contributed by atoms with Crippen LogP contribution in [0, 0.1) is 0 Å². The average molecular weight is 342 g/mol. The van der Waals surface area contributed by atoms with Crippen molar-refractivity contribution in [3.05, 3.63) is 36.4 Å². The number of anilines is 2. The van der Waals surface area contributed by atoms with Crippen LogP contribution < -0.4 is 20.3 Å². The Morgan fingerprint density at radius 3 is 2.92 bits per heavy atom. The molecule has 3 rings (SSSR count). The molecule has 7 heteroatoms. The minimum absolute atomic E-state index is 0.0812. The van der Waals surface area contributed by atoms with Crippen LogP contribution in [0.15, 0.2) is 46.6 Å². The Kier molecular flexibility index (Phi) is 5.04. The fourth-order valence-corrected chi connectivity index (χ4v) is 2.72. The molecule has 0 aliphatic carbocycles. The number of phenols is 1. The molecule has 0 bridgehead atoms. The minimum Gasteiger partial charge on any atom is -0.506 e. The van der Waals surface area contributed by atoms with Crippen molar-refractivity contribution in [2.24, 2.45) is 10.2 Å². The van der Waals surface area contributed by atoms with Gasteiger partial charge >= 0.3 is 0 Å². The highest BCUT2D eigenvalue weighted by molar-refractivity contribution is 5.69. The predicted molar refractivity (Wildman–Crippen MR) is 98.4 cm³/mol. The molecule has 0 aromatic heterocycles. The molecule has 0 fully saturated rings. The first-order chi connectivity index (χ1) is 12.1. The van der Waals surface area contributed by atoms with Gasteiger partial charge in [0, 0.05) is 31.8 Å². The number of nitrogens with zero attached hydrogens (tertiary/aromatic N) is 3. The Hall–Kier alpha value is -2.80. The van der Waals surface area contributed by atoms with E-state index in [1.165, 1.54) is 0 Å². The van der Waals surface area contributed by atoms with Crippen LogP contribution in [0.25, 0.3) is 0 Å². The van der Waals surface area contributed by atoms with E-state index in [-0.39, 0.29) is 11.9 Å². The molecule has 0 spiro atoms. The SMILES string of the molecule is C[NH2+]c1ccccc1N(C)C(C)N=Nc1cc2c(cc1O)NCCO2. The van der Waals surface area contributed by atoms with E-state index in [9.17, 15) is 5.11 Å². The fourth-order valence-electron chi connectivity index (χ4n) is 2.72. The van der Waals surface area contributed by atoms with Gasteiger partial charge in [-0.3, -0.25) is 0 Å². The number of nitrogens with two attached hydrogens (primary N) is 1. The third-order valence-corrected chi connectivity index (χ3v) is 4.27. The molecule has 1 atom stereocenters. The first kappa shape index (κ1) is 17.0. The lowest BCUT2D eigenvalue weighted by atomic mass is 10.2. The number of rotatable bonds is 5. The summed E-state index contributed by atoms with van der Waals surface area (Å²) in [6.07, 6.45) is -0.185. The van der Waals surface area contributed by atoms with Gasteiger partial charge in [0.05, 0.1) is 18.4 Å². The number of hydrogen-bond donors (Lipinski definition) is 3. The van der Waals surface area contributed by atoms with Crippen molar-refractivity contribution in [2.75, 3.05) is 37.5 Å². The lowest BCUT2D eigenvalue weighted by Gasteiger charge is -2.23. The minimum atomic E-state index is -0.185. The van der Waals surface area contributed by atoms with E-state index >= 15 is 0 Å². The van der Waals surface area contributed by atoms with Crippen LogP contribution in [-0.2, 0) is 0 Å². The van der Waals surface area contributed by atoms with Crippen LogP contribution in [0.5, 0.6) is 11.5 Å². The molecule has 25 heavy (non-hydrogen) atoms. The molecule has 2 aromatic carbocycles. The summed E-state index contributed by atoms with van der Waals surface area (Å²) >= 11 is 0. The van der Waals surface area contributed by atoms with Gasteiger partial charge in [-0.05, 0) is 13.0 Å². The maximum Gasteiger partial charge on any atom is 0.153 e. The Morgan fingerprint density at radius 1 is 1.32 bits per heavy atom. The van der Waals surface area contributed by atoms with E-state index in [0.29, 0.717) is 18.0 Å². The lowest BCUT2D eigenvalue weighted by Crippen LogP contribution is -2.73. The quantitative estimate of drug-likeness (QED) is 0.576. The van der Waals surface area contributed by atoms with Crippen LogP contribution in [0.4, 0.5) is 22.7 Å². The van der Waals surface area contributed by atoms with E-state index in [2.05, 4.69) is 33.0 Å². The Balaban J connectivity index is 1.79. The zero-order valence-electron chi connectivity index (χ0n) is 14.7. The molecule has 0 radical (unpaired) electrons. The van der Waals surface area contributed by atoms with Crippen molar-refractivity contribution in [3.8, 4) is 11.5 Å². The van der Waals surface area contributed by atoms with Crippen LogP contribution in [-0.4, -0.2) is 38.5 Å². The monoisotopic (exact) mass is 342 g/mol. The number of quaternary nitrogens is 1. The zero-order chi connectivity index (χ0) is 17.8. The third-order valence-electron chi connectivity index (χ3n) is 4.27. The summed E-state index contributed by atoms with van der Waals surface area (Å²) in [6, 6.07) is 11.5. The first-order valence-electron chi connectivity index (χ1n) is 8.36. The molecule has 2 aromatic rings. The highest BCUT2D eigenvalue weighted by atomic mass is 16.5. The van der Waals surface area contributed by atoms with Crippen molar-refractivity contribution in [2.45, 2.75) is 13.1 Å². The van der Waals surface area contributed by atoms with Crippen molar-refractivity contribution in [3.63, 3.8) is 0 Å². The van der Waals surface area contributed by atoms with Crippen LogP contribution in [0.1, 0.15) is 6.92 Å². The molecule has 4 N–H and O–H groups in total. The Labute approximate surface area is 147 Å². The van der Waals surface area contributed by atoms with Gasteiger partial charge < -0.3 is 25.4 Å². The number of phenolic OH excluding ortho intramolecular Hbond substituents is 1. The van der Waals surface area contributed by atoms with Crippen molar-refractivity contribution >= 4 is 22.7 Å². The predicted octanol–water partition coefficient (Wildman–Crippen LogP) is 2.59. The topological polar surface area (TPSA) is 86.1 Å². The molecule has 1 unspecified atom stereocenters. The largest absolute Gasteiger partial charge is 0.506 e. The van der Waals surface area contributed by atoms with E-state index in [1.807, 2.05) is 38.1 Å². The second kappa shape index (κ2) is 7.40. The summed E-state index contributed by atoms with van der Waals surface area (Å²) in [5.41, 5.74) is 3.40. The second-order valence-corrected chi connectivity index (χ2v) is 5.92. The molecular weight excluding hydrogens is 318 g/mol. The van der Waals surface area contributed by atoms with E-state index in [0.717, 1.165) is 23.6 Å². The highest BCUT2D eigenvalue weighted by Crippen LogP contribution is 2.39. The number of nitrogens with one attached hydrogen (secondary N) is 1. The highest BCUT2D eigenvalue weighted by Gasteiger charge is 2.16. The zero-order valence-corrected chi connectivity index (χ0v) is 14.7. The van der Waals surface area contributed by atoms with Crippen molar-refractivity contribution in [1.82, 2.24) is 0 Å². The van der Waals surface area contributed by atoms with Gasteiger partial charge in [-0.25, -0.2) is 0 Å². The molecule has 1 heterocycles. The summed E-state index contributed by atoms with van der Waals surface area (Å²) in [5, 5.41) is 24.0. The average Bonchev–Trinajstić information content (AvgIpc) is 2.65. The molecule has 1 aliphatic rings. The molecule has 1 aliphatic heterocycles. The van der Waals surface area contributed by atoms with E-state index in [4.69, 9.17) is 4.74 Å². The maximum atomic E-state index is 10.1. The Morgan fingerprint density at radius 2 is 2.12 bits per heavy atom. The van der Waals surface area contributed by atoms with E-state index in [1.54, 1.807) is 12.1 Å². The standard InChI is InChI=1S/C18H23N5O2/c1-12(23(3)16-7-5-4-6-13(16)19-2)21-22-14-11-18-15(10-17(14)24)20-8-9-25-18/h4-7,10-12,19-20,24H,8-9H2,1-3H3/p+1. The van der Waals surface area contributed by atoms with Gasteiger partial charge in [0.2, 0.25) is 0 Å². The van der Waals surface area contributed by atoms with Crippen LogP contribution in [0.2, 0.25) is 0 Å². The number of aromatic hydroxyl groups is 1. The lowest BCUT2D eigenvalue weighted by molar-refractivity contribution is -0.538. The molecular formula is C18H24N5O2+. The molecule has 132 valence electrons. The van der Waals surface area contributed by atoms with Gasteiger partial charge in [0.25, 0.3) is 0 Å². The number of benzene rings is 2. The molecule has 0 amide bonds. The first-order valence-corrected chi connectivity index (χ1v) is 8.36. The van der Waals surface area contributed by atoms with Gasteiger partial charge in [-0.15, -0.1) is 5.11 Å². The van der Waals surface area contributed by atoms with E-state index < -0.39 is 0 Å². The van der Waals surface area contributed by atoms with Crippen LogP contribution >= 0.6 is 0 Å². The number of hydrogen-bond acceptors (Lipinski definition) is 6. The molecule has 0 saturated heterocycles. The van der Waals surface area contributed by atoms with Crippen molar-refractivity contribution in [1.29, 1.82) is 0 Å². The third kappa shape index (κ3) is 3.66. The summed E-state index contributed by atoms with van der Waals surface area (Å²) in [7, 11) is 3.99. The Bertz CT molecular complexity index is 778. The second-order valence-electron chi connectivity index (χ2n) is 5.92. The number of fused-ring (bicyclic) bond motifs is 1. The van der Waals surface area contributed by atoms with Gasteiger partial charge in [0.15, 0.2) is 5.69 Å². The summed E-state index contributed by atoms with van der Waals surface area (Å²) in [5.74, 6) is 0.766. The normalized spacial score (nSPS) is 14.5.